The van der Waals surface area contributed by atoms with Crippen LogP contribution in [0.15, 0.2) is 29.8 Å². The molecule has 0 saturated carbocycles. The maximum atomic E-state index is 11.7. The minimum Gasteiger partial charge on any atom is -0.465 e. The van der Waals surface area contributed by atoms with Crippen LogP contribution in [0.5, 0.6) is 0 Å². The molecule has 1 aromatic carbocycles. The zero-order valence-electron chi connectivity index (χ0n) is 10.1. The van der Waals surface area contributed by atoms with Crippen molar-refractivity contribution in [2.45, 2.75) is 0 Å². The maximum Gasteiger partial charge on any atom is 0.341 e. The standard InChI is InChI=1S/C13H13ClO4/c1-17-8-12(15)11(13(16)18-2)7-9-4-3-5-10(14)6-9/h3-7H,8H2,1-2H3/b11-7+. The van der Waals surface area contributed by atoms with Crippen LogP contribution in [0, 0.1) is 0 Å². The van der Waals surface area contributed by atoms with Crippen LogP contribution in [-0.4, -0.2) is 32.6 Å². The normalized spacial score (nSPS) is 11.2. The molecule has 0 saturated heterocycles. The van der Waals surface area contributed by atoms with Crippen molar-refractivity contribution in [2.75, 3.05) is 20.8 Å². The van der Waals surface area contributed by atoms with Crippen LogP contribution < -0.4 is 0 Å². The summed E-state index contributed by atoms with van der Waals surface area (Å²) in [7, 11) is 2.60. The van der Waals surface area contributed by atoms with E-state index in [1.807, 2.05) is 0 Å². The SMILES string of the molecule is COCC(=O)/C(=C\c1cccc(Cl)c1)C(=O)OC. The lowest BCUT2D eigenvalue weighted by Gasteiger charge is -2.04. The molecule has 18 heavy (non-hydrogen) atoms. The zero-order chi connectivity index (χ0) is 13.5. The Morgan fingerprint density at radius 2 is 2.06 bits per heavy atom. The number of ether oxygens (including phenoxy) is 2. The highest BCUT2D eigenvalue weighted by Gasteiger charge is 2.18. The van der Waals surface area contributed by atoms with Crippen LogP contribution in [-0.2, 0) is 19.1 Å². The summed E-state index contributed by atoms with van der Waals surface area (Å²) in [5.41, 5.74) is 0.578. The highest BCUT2D eigenvalue weighted by Crippen LogP contribution is 2.15. The lowest BCUT2D eigenvalue weighted by Crippen LogP contribution is -2.18. The fourth-order valence-electron chi connectivity index (χ4n) is 1.34. The van der Waals surface area contributed by atoms with E-state index in [-0.39, 0.29) is 12.2 Å². The number of carbonyl (C=O) groups is 2. The van der Waals surface area contributed by atoms with Gasteiger partial charge in [-0.15, -0.1) is 0 Å². The summed E-state index contributed by atoms with van der Waals surface area (Å²) in [6, 6.07) is 6.80. The molecule has 0 aliphatic rings. The Kier molecular flexibility index (Phi) is 5.55. The molecule has 0 spiro atoms. The molecule has 0 amide bonds. The van der Waals surface area contributed by atoms with E-state index in [2.05, 4.69) is 4.74 Å². The number of hydrogen-bond acceptors (Lipinski definition) is 4. The van der Waals surface area contributed by atoms with E-state index in [9.17, 15) is 9.59 Å². The average Bonchev–Trinajstić information content (AvgIpc) is 2.35. The van der Waals surface area contributed by atoms with E-state index in [4.69, 9.17) is 16.3 Å². The summed E-state index contributed by atoms with van der Waals surface area (Å²) in [6.45, 7) is -0.179. The van der Waals surface area contributed by atoms with Gasteiger partial charge in [0.15, 0.2) is 5.78 Å². The van der Waals surface area contributed by atoms with Crippen molar-refractivity contribution in [3.05, 3.63) is 40.4 Å². The predicted octanol–water partition coefficient (Wildman–Crippen LogP) is 2.11. The van der Waals surface area contributed by atoms with E-state index < -0.39 is 11.8 Å². The number of methoxy groups -OCH3 is 2. The number of halogens is 1. The third kappa shape index (κ3) is 3.98. The Hall–Kier alpha value is -1.65. The Bertz CT molecular complexity index is 480. The van der Waals surface area contributed by atoms with Crippen LogP contribution in [0.4, 0.5) is 0 Å². The largest absolute Gasteiger partial charge is 0.465 e. The highest BCUT2D eigenvalue weighted by molar-refractivity contribution is 6.30. The lowest BCUT2D eigenvalue weighted by molar-refractivity contribution is -0.138. The number of hydrogen-bond donors (Lipinski definition) is 0. The van der Waals surface area contributed by atoms with Crippen LogP contribution >= 0.6 is 11.6 Å². The maximum absolute atomic E-state index is 11.7. The topological polar surface area (TPSA) is 52.6 Å². The number of rotatable bonds is 5. The van der Waals surface area contributed by atoms with Crippen molar-refractivity contribution in [1.29, 1.82) is 0 Å². The van der Waals surface area contributed by atoms with Gasteiger partial charge in [0, 0.05) is 12.1 Å². The second-order valence-electron chi connectivity index (χ2n) is 3.46. The molecule has 0 radical (unpaired) electrons. The Labute approximate surface area is 110 Å². The molecular formula is C13H13ClO4. The van der Waals surface area contributed by atoms with E-state index in [1.165, 1.54) is 20.3 Å². The third-order valence-corrected chi connectivity index (χ3v) is 2.38. The van der Waals surface area contributed by atoms with Crippen molar-refractivity contribution < 1.29 is 19.1 Å². The second kappa shape index (κ2) is 6.93. The molecule has 0 unspecified atom stereocenters. The zero-order valence-corrected chi connectivity index (χ0v) is 10.9. The van der Waals surface area contributed by atoms with Crippen LogP contribution in [0.1, 0.15) is 5.56 Å². The molecule has 0 aromatic heterocycles. The van der Waals surface area contributed by atoms with E-state index in [0.29, 0.717) is 10.6 Å². The summed E-state index contributed by atoms with van der Waals surface area (Å²) < 4.78 is 9.28. The molecule has 4 nitrogen and oxygen atoms in total. The van der Waals surface area contributed by atoms with Gasteiger partial charge in [0.05, 0.1) is 7.11 Å². The molecule has 1 aromatic rings. The number of Topliss-reactive ketones (excluding diaryl/α,β-unsaturated/α-hetero) is 1. The van der Waals surface area contributed by atoms with Gasteiger partial charge in [0.1, 0.15) is 12.2 Å². The van der Waals surface area contributed by atoms with Gasteiger partial charge in [-0.05, 0) is 23.8 Å². The van der Waals surface area contributed by atoms with Gasteiger partial charge in [-0.1, -0.05) is 23.7 Å². The van der Waals surface area contributed by atoms with Crippen molar-refractivity contribution in [3.63, 3.8) is 0 Å². The molecule has 0 atom stereocenters. The fourth-order valence-corrected chi connectivity index (χ4v) is 1.53. The van der Waals surface area contributed by atoms with Crippen molar-refractivity contribution in [2.24, 2.45) is 0 Å². The van der Waals surface area contributed by atoms with Gasteiger partial charge in [-0.2, -0.15) is 0 Å². The summed E-state index contributed by atoms with van der Waals surface area (Å²) in [5.74, 6) is -1.14. The molecule has 96 valence electrons. The summed E-state index contributed by atoms with van der Waals surface area (Å²) in [6.07, 6.45) is 1.43. The molecule has 0 N–H and O–H groups in total. The highest BCUT2D eigenvalue weighted by atomic mass is 35.5. The molecular weight excluding hydrogens is 256 g/mol. The first-order valence-electron chi connectivity index (χ1n) is 5.16. The fraction of sp³-hybridized carbons (Fsp3) is 0.231. The summed E-state index contributed by atoms with van der Waals surface area (Å²) in [4.78, 5) is 23.2. The number of esters is 1. The first-order valence-corrected chi connectivity index (χ1v) is 5.54. The second-order valence-corrected chi connectivity index (χ2v) is 3.90. The molecule has 0 aliphatic heterocycles. The Morgan fingerprint density at radius 1 is 1.33 bits per heavy atom. The van der Waals surface area contributed by atoms with Gasteiger partial charge in [-0.25, -0.2) is 4.79 Å². The van der Waals surface area contributed by atoms with Gasteiger partial charge in [-0.3, -0.25) is 4.79 Å². The smallest absolute Gasteiger partial charge is 0.341 e. The summed E-state index contributed by atoms with van der Waals surface area (Å²) in [5, 5.41) is 0.521. The molecule has 0 fully saturated rings. The molecule has 0 bridgehead atoms. The van der Waals surface area contributed by atoms with Crippen LogP contribution in [0.2, 0.25) is 5.02 Å². The Balaban J connectivity index is 3.10. The van der Waals surface area contributed by atoms with Gasteiger partial charge in [0.2, 0.25) is 0 Å². The first-order chi connectivity index (χ1) is 8.58. The minimum absolute atomic E-state index is 0.0679. The molecule has 5 heteroatoms. The first kappa shape index (κ1) is 14.4. The average molecular weight is 269 g/mol. The number of carbonyl (C=O) groups excluding carboxylic acids is 2. The van der Waals surface area contributed by atoms with Gasteiger partial charge < -0.3 is 9.47 Å². The van der Waals surface area contributed by atoms with Crippen molar-refractivity contribution >= 4 is 29.4 Å². The number of benzene rings is 1. The van der Waals surface area contributed by atoms with Gasteiger partial charge in [0.25, 0.3) is 0 Å². The molecule has 1 rings (SSSR count). The monoisotopic (exact) mass is 268 g/mol. The van der Waals surface area contributed by atoms with Gasteiger partial charge >= 0.3 is 5.97 Å². The van der Waals surface area contributed by atoms with Crippen molar-refractivity contribution in [1.82, 2.24) is 0 Å². The van der Waals surface area contributed by atoms with Crippen LogP contribution in [0.25, 0.3) is 6.08 Å². The van der Waals surface area contributed by atoms with E-state index >= 15 is 0 Å². The van der Waals surface area contributed by atoms with Crippen molar-refractivity contribution in [3.8, 4) is 0 Å². The quantitative estimate of drug-likeness (QED) is 0.355. The number of ketones is 1. The lowest BCUT2D eigenvalue weighted by atomic mass is 10.1. The van der Waals surface area contributed by atoms with Crippen LogP contribution in [0.3, 0.4) is 0 Å². The third-order valence-electron chi connectivity index (χ3n) is 2.14. The summed E-state index contributed by atoms with van der Waals surface area (Å²) >= 11 is 5.83. The van der Waals surface area contributed by atoms with E-state index in [0.717, 1.165) is 0 Å². The molecule has 0 heterocycles. The molecule has 0 aliphatic carbocycles. The Morgan fingerprint density at radius 3 is 2.61 bits per heavy atom. The predicted molar refractivity (Wildman–Crippen MR) is 68.3 cm³/mol. The van der Waals surface area contributed by atoms with E-state index in [1.54, 1.807) is 24.3 Å². The minimum atomic E-state index is -0.697.